The van der Waals surface area contributed by atoms with Crippen molar-refractivity contribution in [1.29, 1.82) is 0 Å². The Morgan fingerprint density at radius 1 is 1.21 bits per heavy atom. The summed E-state index contributed by atoms with van der Waals surface area (Å²) in [6.45, 7) is 9.52. The summed E-state index contributed by atoms with van der Waals surface area (Å²) in [5.74, 6) is 0.438. The highest BCUT2D eigenvalue weighted by molar-refractivity contribution is 5.93. The number of fused-ring (bicyclic) bond motifs is 1. The predicted molar refractivity (Wildman–Crippen MR) is 109 cm³/mol. The van der Waals surface area contributed by atoms with E-state index in [1.54, 1.807) is 4.90 Å². The molecule has 0 unspecified atom stereocenters. The number of piperidine rings is 1. The van der Waals surface area contributed by atoms with Gasteiger partial charge in [0.25, 0.3) is 0 Å². The van der Waals surface area contributed by atoms with Gasteiger partial charge in [-0.25, -0.2) is 9.78 Å². The number of ether oxygens (including phenoxy) is 1. The van der Waals surface area contributed by atoms with Crippen LogP contribution in [0.2, 0.25) is 0 Å². The lowest BCUT2D eigenvalue weighted by atomic mass is 9.96. The first-order valence-corrected chi connectivity index (χ1v) is 10.0. The number of aryl methyl sites for hydroxylation is 1. The van der Waals surface area contributed by atoms with Crippen LogP contribution in [0.25, 0.3) is 11.0 Å². The zero-order chi connectivity index (χ0) is 20.3. The molecule has 0 spiro atoms. The van der Waals surface area contributed by atoms with Crippen molar-refractivity contribution >= 4 is 29.0 Å². The Bertz CT molecular complexity index is 845. The third kappa shape index (κ3) is 4.64. The van der Waals surface area contributed by atoms with Gasteiger partial charge in [0, 0.05) is 25.6 Å². The number of nitrogens with one attached hydrogen (secondary N) is 1. The van der Waals surface area contributed by atoms with Crippen molar-refractivity contribution in [3.05, 3.63) is 24.3 Å². The molecule has 2 aromatic rings. The van der Waals surface area contributed by atoms with Gasteiger partial charge in [-0.1, -0.05) is 19.1 Å². The van der Waals surface area contributed by atoms with Crippen molar-refractivity contribution in [2.24, 2.45) is 5.92 Å². The van der Waals surface area contributed by atoms with Crippen LogP contribution < -0.4 is 5.32 Å². The third-order valence-electron chi connectivity index (χ3n) is 4.85. The number of anilines is 1. The Morgan fingerprint density at radius 3 is 2.54 bits per heavy atom. The quantitative estimate of drug-likeness (QED) is 0.861. The molecule has 3 rings (SSSR count). The van der Waals surface area contributed by atoms with Crippen LogP contribution in [0.15, 0.2) is 24.3 Å². The predicted octanol–water partition coefficient (Wildman–Crippen LogP) is 4.03. The van der Waals surface area contributed by atoms with Gasteiger partial charge in [-0.05, 0) is 52.2 Å². The Kier molecular flexibility index (Phi) is 5.91. The average molecular weight is 386 g/mol. The second kappa shape index (κ2) is 8.20. The van der Waals surface area contributed by atoms with Gasteiger partial charge in [-0.15, -0.1) is 0 Å². The van der Waals surface area contributed by atoms with Gasteiger partial charge in [0.2, 0.25) is 11.9 Å². The molecular formula is C21H30N4O3. The molecule has 0 radical (unpaired) electrons. The first kappa shape index (κ1) is 20.2. The number of nitrogens with zero attached hydrogens (tertiary/aromatic N) is 3. The fourth-order valence-electron chi connectivity index (χ4n) is 3.48. The van der Waals surface area contributed by atoms with Gasteiger partial charge < -0.3 is 14.2 Å². The lowest BCUT2D eigenvalue weighted by Gasteiger charge is -2.32. The van der Waals surface area contributed by atoms with E-state index in [2.05, 4.69) is 21.8 Å². The molecule has 0 bridgehead atoms. The molecule has 7 nitrogen and oxygen atoms in total. The molecule has 0 aliphatic carbocycles. The summed E-state index contributed by atoms with van der Waals surface area (Å²) in [4.78, 5) is 31.3. The standard InChI is InChI=1S/C21H30N4O3/c1-5-12-25-17-9-7-6-8-16(17)22-19(25)23-18(26)15-10-13-24(14-11-15)20(27)28-21(2,3)4/h6-9,15H,5,10-14H2,1-4H3,(H,22,23,26). The molecule has 7 heteroatoms. The van der Waals surface area contributed by atoms with E-state index in [1.165, 1.54) is 0 Å². The van der Waals surface area contributed by atoms with Crippen LogP contribution in [0.5, 0.6) is 0 Å². The second-order valence-electron chi connectivity index (χ2n) is 8.31. The molecule has 1 fully saturated rings. The molecule has 1 saturated heterocycles. The Balaban J connectivity index is 1.63. The number of carbonyl (C=O) groups is 2. The highest BCUT2D eigenvalue weighted by Gasteiger charge is 2.30. The zero-order valence-electron chi connectivity index (χ0n) is 17.2. The molecule has 1 N–H and O–H groups in total. The lowest BCUT2D eigenvalue weighted by Crippen LogP contribution is -2.43. The molecule has 28 heavy (non-hydrogen) atoms. The first-order valence-electron chi connectivity index (χ1n) is 10.0. The molecule has 1 aliphatic heterocycles. The van der Waals surface area contributed by atoms with Crippen LogP contribution in [-0.2, 0) is 16.1 Å². The highest BCUT2D eigenvalue weighted by Crippen LogP contribution is 2.24. The van der Waals surface area contributed by atoms with Gasteiger partial charge in [0.05, 0.1) is 11.0 Å². The van der Waals surface area contributed by atoms with Crippen LogP contribution in [0.3, 0.4) is 0 Å². The van der Waals surface area contributed by atoms with Crippen LogP contribution in [0, 0.1) is 5.92 Å². The second-order valence-corrected chi connectivity index (χ2v) is 8.31. The van der Waals surface area contributed by atoms with Crippen LogP contribution in [0.4, 0.5) is 10.7 Å². The van der Waals surface area contributed by atoms with E-state index in [1.807, 2.05) is 45.0 Å². The highest BCUT2D eigenvalue weighted by atomic mass is 16.6. The van der Waals surface area contributed by atoms with Crippen molar-refractivity contribution in [3.8, 4) is 0 Å². The summed E-state index contributed by atoms with van der Waals surface area (Å²) >= 11 is 0. The molecule has 2 amide bonds. The number of rotatable bonds is 4. The van der Waals surface area contributed by atoms with E-state index in [0.717, 1.165) is 24.0 Å². The third-order valence-corrected chi connectivity index (χ3v) is 4.85. The Hall–Kier alpha value is -2.57. The molecular weight excluding hydrogens is 356 g/mol. The summed E-state index contributed by atoms with van der Waals surface area (Å²) in [6.07, 6.45) is 1.89. The maximum absolute atomic E-state index is 12.8. The molecule has 1 aromatic heterocycles. The number of carbonyl (C=O) groups excluding carboxylic acids is 2. The van der Waals surface area contributed by atoms with E-state index in [4.69, 9.17) is 4.74 Å². The van der Waals surface area contributed by atoms with Crippen LogP contribution in [0.1, 0.15) is 47.0 Å². The van der Waals surface area contributed by atoms with Crippen LogP contribution >= 0.6 is 0 Å². The summed E-state index contributed by atoms with van der Waals surface area (Å²) in [5, 5.41) is 3.02. The minimum absolute atomic E-state index is 0.0310. The average Bonchev–Trinajstić information content (AvgIpc) is 2.98. The fourth-order valence-corrected chi connectivity index (χ4v) is 3.48. The summed E-state index contributed by atoms with van der Waals surface area (Å²) < 4.78 is 7.48. The number of hydrogen-bond donors (Lipinski definition) is 1. The minimum atomic E-state index is -0.510. The Labute approximate surface area is 166 Å². The van der Waals surface area contributed by atoms with E-state index in [9.17, 15) is 9.59 Å². The lowest BCUT2D eigenvalue weighted by molar-refractivity contribution is -0.121. The number of aromatic nitrogens is 2. The summed E-state index contributed by atoms with van der Waals surface area (Å²) in [7, 11) is 0. The molecule has 152 valence electrons. The monoisotopic (exact) mass is 386 g/mol. The number of para-hydroxylation sites is 2. The minimum Gasteiger partial charge on any atom is -0.444 e. The number of benzene rings is 1. The van der Waals surface area contributed by atoms with Crippen molar-refractivity contribution in [3.63, 3.8) is 0 Å². The van der Waals surface area contributed by atoms with Gasteiger partial charge >= 0.3 is 6.09 Å². The SMILES string of the molecule is CCCn1c(NC(=O)C2CCN(C(=O)OC(C)(C)C)CC2)nc2ccccc21. The summed E-state index contributed by atoms with van der Waals surface area (Å²) in [5.41, 5.74) is 1.40. The van der Waals surface area contributed by atoms with Gasteiger partial charge in [-0.2, -0.15) is 0 Å². The topological polar surface area (TPSA) is 76.5 Å². The van der Waals surface area contributed by atoms with Gasteiger partial charge in [0.15, 0.2) is 0 Å². The van der Waals surface area contributed by atoms with E-state index >= 15 is 0 Å². The Morgan fingerprint density at radius 2 is 1.89 bits per heavy atom. The maximum atomic E-state index is 12.8. The van der Waals surface area contributed by atoms with Crippen molar-refractivity contribution in [1.82, 2.24) is 14.5 Å². The van der Waals surface area contributed by atoms with Crippen molar-refractivity contribution < 1.29 is 14.3 Å². The van der Waals surface area contributed by atoms with Crippen molar-refractivity contribution in [2.45, 2.75) is 59.1 Å². The molecule has 2 heterocycles. The number of hydrogen-bond acceptors (Lipinski definition) is 4. The van der Waals surface area contributed by atoms with E-state index in [0.29, 0.717) is 31.9 Å². The normalized spacial score (nSPS) is 15.6. The molecule has 0 saturated carbocycles. The number of imidazole rings is 1. The van der Waals surface area contributed by atoms with E-state index in [-0.39, 0.29) is 17.9 Å². The smallest absolute Gasteiger partial charge is 0.410 e. The van der Waals surface area contributed by atoms with Gasteiger partial charge in [0.1, 0.15) is 5.60 Å². The zero-order valence-corrected chi connectivity index (χ0v) is 17.2. The molecule has 1 aromatic carbocycles. The largest absolute Gasteiger partial charge is 0.444 e. The number of likely N-dealkylation sites (tertiary alicyclic amines) is 1. The molecule has 1 aliphatic rings. The maximum Gasteiger partial charge on any atom is 0.410 e. The van der Waals surface area contributed by atoms with Crippen LogP contribution in [-0.4, -0.2) is 45.1 Å². The number of amides is 2. The fraction of sp³-hybridized carbons (Fsp3) is 0.571. The van der Waals surface area contributed by atoms with Crippen molar-refractivity contribution in [2.75, 3.05) is 18.4 Å². The first-order chi connectivity index (χ1) is 13.3. The van der Waals surface area contributed by atoms with E-state index < -0.39 is 5.60 Å². The van der Waals surface area contributed by atoms with Gasteiger partial charge in [-0.3, -0.25) is 10.1 Å². The molecule has 0 atom stereocenters. The summed E-state index contributed by atoms with van der Waals surface area (Å²) in [6, 6.07) is 7.90.